The Hall–Kier alpha value is -1.82. The third-order valence-corrected chi connectivity index (χ3v) is 3.32. The van der Waals surface area contributed by atoms with Gasteiger partial charge in [-0.1, -0.05) is 41.6 Å². The van der Waals surface area contributed by atoms with Crippen molar-refractivity contribution in [3.8, 4) is 0 Å². The summed E-state index contributed by atoms with van der Waals surface area (Å²) in [6, 6.07) is 8.28. The molecule has 0 atom stereocenters. The second-order valence-electron chi connectivity index (χ2n) is 4.13. The molecule has 2 rings (SSSR count). The van der Waals surface area contributed by atoms with Crippen LogP contribution in [0.15, 0.2) is 33.9 Å². The highest BCUT2D eigenvalue weighted by Crippen LogP contribution is 2.16. The second kappa shape index (κ2) is 6.38. The molecule has 0 saturated heterocycles. The Morgan fingerprint density at radius 3 is 2.68 bits per heavy atom. The van der Waals surface area contributed by atoms with Crippen LogP contribution in [0.5, 0.6) is 0 Å². The maximum absolute atomic E-state index is 10.4. The van der Waals surface area contributed by atoms with Gasteiger partial charge in [0.15, 0.2) is 0 Å². The van der Waals surface area contributed by atoms with Gasteiger partial charge in [0.25, 0.3) is 5.22 Å². The fourth-order valence-corrected chi connectivity index (χ4v) is 2.03. The van der Waals surface area contributed by atoms with Crippen LogP contribution in [0.3, 0.4) is 0 Å². The number of nitrogens with zero attached hydrogens (tertiary/aromatic N) is 2. The maximum Gasteiger partial charge on any atom is 0.314 e. The maximum atomic E-state index is 10.4. The standard InChI is InChI=1S/C13H14N2O3S/c1-9-2-4-10(5-3-9)6-7-11-14-15-13(18-11)19-8-12(16)17/h2-5H,6-8H2,1H3,(H,16,17). The Bertz CT molecular complexity index is 551. The number of rotatable bonds is 6. The largest absolute Gasteiger partial charge is 0.481 e. The number of carbonyl (C=O) groups is 1. The molecule has 0 radical (unpaired) electrons. The molecular formula is C13H14N2O3S. The van der Waals surface area contributed by atoms with Gasteiger partial charge in [-0.3, -0.25) is 4.79 Å². The van der Waals surface area contributed by atoms with Crippen molar-refractivity contribution in [2.24, 2.45) is 0 Å². The molecule has 0 aliphatic heterocycles. The average molecular weight is 278 g/mol. The molecule has 1 N–H and O–H groups in total. The summed E-state index contributed by atoms with van der Waals surface area (Å²) in [7, 11) is 0. The minimum atomic E-state index is -0.899. The van der Waals surface area contributed by atoms with E-state index in [-0.39, 0.29) is 5.75 Å². The van der Waals surface area contributed by atoms with E-state index >= 15 is 0 Å². The molecule has 2 aromatic rings. The van der Waals surface area contributed by atoms with Crippen LogP contribution in [0.4, 0.5) is 0 Å². The third-order valence-electron chi connectivity index (χ3n) is 2.52. The van der Waals surface area contributed by atoms with Gasteiger partial charge in [0.2, 0.25) is 5.89 Å². The van der Waals surface area contributed by atoms with Crippen LogP contribution < -0.4 is 0 Å². The molecule has 0 amide bonds. The molecule has 19 heavy (non-hydrogen) atoms. The Morgan fingerprint density at radius 1 is 1.26 bits per heavy atom. The monoisotopic (exact) mass is 278 g/mol. The Balaban J connectivity index is 1.86. The SMILES string of the molecule is Cc1ccc(CCc2nnc(SCC(=O)O)o2)cc1. The predicted molar refractivity (Wildman–Crippen MR) is 71.2 cm³/mol. The number of hydrogen-bond acceptors (Lipinski definition) is 5. The predicted octanol–water partition coefficient (Wildman–Crippen LogP) is 2.34. The van der Waals surface area contributed by atoms with E-state index in [2.05, 4.69) is 34.5 Å². The number of thioether (sulfide) groups is 1. The molecular weight excluding hydrogens is 264 g/mol. The minimum Gasteiger partial charge on any atom is -0.481 e. The molecule has 0 aliphatic rings. The van der Waals surface area contributed by atoms with Crippen LogP contribution in [0.25, 0.3) is 0 Å². The fourth-order valence-electron chi connectivity index (χ4n) is 1.53. The van der Waals surface area contributed by atoms with Crippen molar-refractivity contribution in [3.63, 3.8) is 0 Å². The second-order valence-corrected chi connectivity index (χ2v) is 5.06. The van der Waals surface area contributed by atoms with E-state index in [1.54, 1.807) is 0 Å². The molecule has 1 aromatic carbocycles. The topological polar surface area (TPSA) is 76.2 Å². The molecule has 0 saturated carbocycles. The number of carboxylic acids is 1. The lowest BCUT2D eigenvalue weighted by Gasteiger charge is -1.99. The summed E-state index contributed by atoms with van der Waals surface area (Å²) >= 11 is 1.03. The van der Waals surface area contributed by atoms with Gasteiger partial charge in [-0.15, -0.1) is 10.2 Å². The molecule has 0 fully saturated rings. The van der Waals surface area contributed by atoms with Gasteiger partial charge in [0.1, 0.15) is 5.75 Å². The Kier molecular flexibility index (Phi) is 4.57. The van der Waals surface area contributed by atoms with E-state index in [9.17, 15) is 4.79 Å². The molecule has 100 valence electrons. The smallest absolute Gasteiger partial charge is 0.314 e. The van der Waals surface area contributed by atoms with Crippen molar-refractivity contribution >= 4 is 17.7 Å². The van der Waals surface area contributed by atoms with Crippen molar-refractivity contribution in [2.45, 2.75) is 25.0 Å². The summed E-state index contributed by atoms with van der Waals surface area (Å²) in [4.78, 5) is 10.4. The molecule has 0 unspecified atom stereocenters. The molecule has 1 aromatic heterocycles. The minimum absolute atomic E-state index is 0.0698. The first-order valence-electron chi connectivity index (χ1n) is 5.86. The van der Waals surface area contributed by atoms with Gasteiger partial charge < -0.3 is 9.52 Å². The van der Waals surface area contributed by atoms with Crippen LogP contribution in [0, 0.1) is 6.92 Å². The Labute approximate surface area is 115 Å². The lowest BCUT2D eigenvalue weighted by Crippen LogP contribution is -1.97. The zero-order valence-electron chi connectivity index (χ0n) is 10.5. The number of aromatic nitrogens is 2. The molecule has 0 bridgehead atoms. The third kappa shape index (κ3) is 4.40. The molecule has 0 aliphatic carbocycles. The molecule has 6 heteroatoms. The fraction of sp³-hybridized carbons (Fsp3) is 0.308. The number of aliphatic carboxylic acids is 1. The summed E-state index contributed by atoms with van der Waals surface area (Å²) in [5.41, 5.74) is 2.44. The molecule has 1 heterocycles. The zero-order chi connectivity index (χ0) is 13.7. The first-order valence-corrected chi connectivity index (χ1v) is 6.84. The van der Waals surface area contributed by atoms with Crippen LogP contribution in [-0.2, 0) is 17.6 Å². The summed E-state index contributed by atoms with van der Waals surface area (Å²) in [6.07, 6.45) is 1.48. The highest BCUT2D eigenvalue weighted by molar-refractivity contribution is 7.99. The van der Waals surface area contributed by atoms with Crippen molar-refractivity contribution in [1.29, 1.82) is 0 Å². The van der Waals surface area contributed by atoms with Crippen LogP contribution in [0.2, 0.25) is 0 Å². The van der Waals surface area contributed by atoms with E-state index in [1.165, 1.54) is 11.1 Å². The van der Waals surface area contributed by atoms with E-state index < -0.39 is 5.97 Å². The van der Waals surface area contributed by atoms with Crippen molar-refractivity contribution in [2.75, 3.05) is 5.75 Å². The van der Waals surface area contributed by atoms with E-state index in [0.717, 1.165) is 18.2 Å². The zero-order valence-corrected chi connectivity index (χ0v) is 11.3. The lowest BCUT2D eigenvalue weighted by molar-refractivity contribution is -0.133. The van der Waals surface area contributed by atoms with Gasteiger partial charge in [0.05, 0.1) is 0 Å². The lowest BCUT2D eigenvalue weighted by atomic mass is 10.1. The number of aryl methyl sites for hydroxylation is 3. The van der Waals surface area contributed by atoms with E-state index in [1.807, 2.05) is 6.92 Å². The Morgan fingerprint density at radius 2 is 2.00 bits per heavy atom. The quantitative estimate of drug-likeness (QED) is 0.817. The van der Waals surface area contributed by atoms with Gasteiger partial charge in [-0.2, -0.15) is 0 Å². The van der Waals surface area contributed by atoms with Crippen molar-refractivity contribution in [1.82, 2.24) is 10.2 Å². The highest BCUT2D eigenvalue weighted by atomic mass is 32.2. The number of hydrogen-bond donors (Lipinski definition) is 1. The average Bonchev–Trinajstić information content (AvgIpc) is 2.84. The summed E-state index contributed by atoms with van der Waals surface area (Å²) in [6.45, 7) is 2.05. The molecule has 0 spiro atoms. The highest BCUT2D eigenvalue weighted by Gasteiger charge is 2.08. The normalized spacial score (nSPS) is 10.6. The van der Waals surface area contributed by atoms with Gasteiger partial charge in [-0.05, 0) is 18.9 Å². The van der Waals surface area contributed by atoms with Gasteiger partial charge in [0, 0.05) is 6.42 Å². The van der Waals surface area contributed by atoms with Crippen molar-refractivity contribution < 1.29 is 14.3 Å². The first-order chi connectivity index (χ1) is 9.13. The van der Waals surface area contributed by atoms with Crippen LogP contribution >= 0.6 is 11.8 Å². The summed E-state index contributed by atoms with van der Waals surface area (Å²) < 4.78 is 5.36. The van der Waals surface area contributed by atoms with Gasteiger partial charge >= 0.3 is 5.97 Å². The summed E-state index contributed by atoms with van der Waals surface area (Å²) in [5.74, 6) is -0.433. The van der Waals surface area contributed by atoms with Crippen LogP contribution in [-0.4, -0.2) is 27.0 Å². The van der Waals surface area contributed by atoms with Crippen LogP contribution in [0.1, 0.15) is 17.0 Å². The number of carboxylic acid groups (broad SMARTS) is 1. The van der Waals surface area contributed by atoms with E-state index in [0.29, 0.717) is 17.5 Å². The van der Waals surface area contributed by atoms with E-state index in [4.69, 9.17) is 9.52 Å². The van der Waals surface area contributed by atoms with Gasteiger partial charge in [-0.25, -0.2) is 0 Å². The summed E-state index contributed by atoms with van der Waals surface area (Å²) in [5, 5.41) is 16.5. The molecule has 5 nitrogen and oxygen atoms in total. The number of benzene rings is 1. The first kappa shape index (κ1) is 13.6. The van der Waals surface area contributed by atoms with Crippen molar-refractivity contribution in [3.05, 3.63) is 41.3 Å².